The molecule has 2 aliphatic rings. The topological polar surface area (TPSA) is 152 Å². The molecule has 2 aliphatic heterocycles. The van der Waals surface area contributed by atoms with Crippen LogP contribution in [-0.2, 0) is 21.1 Å². The number of aromatic nitrogens is 3. The summed E-state index contributed by atoms with van der Waals surface area (Å²) in [4.78, 5) is 27.1. The van der Waals surface area contributed by atoms with Crippen molar-refractivity contribution in [3.05, 3.63) is 53.3 Å². The number of piperidine rings is 1. The molecule has 3 heterocycles. The van der Waals surface area contributed by atoms with E-state index in [0.29, 0.717) is 30.6 Å². The molecule has 41 heavy (non-hydrogen) atoms. The van der Waals surface area contributed by atoms with E-state index in [4.69, 9.17) is 10.5 Å². The third-order valence-electron chi connectivity index (χ3n) is 7.75. The molecular weight excluding hydrogens is 542 g/mol. The number of nitrogens with two attached hydrogens (primary N) is 1. The first kappa shape index (κ1) is 28.7. The fourth-order valence-corrected chi connectivity index (χ4v) is 6.89. The molecule has 0 spiro atoms. The summed E-state index contributed by atoms with van der Waals surface area (Å²) in [6.45, 7) is 8.91. The molecule has 1 amide bonds. The maximum atomic E-state index is 12.9. The molecule has 0 saturated carbocycles. The SMILES string of the molecule is Cc1cc(Nc2ncnc(Nc3ccccc3S(=O)(=O)C(C)C)n2)c2c(c1C1CCN(C(=O)CN)CC1)CC(C)O2. The van der Waals surface area contributed by atoms with E-state index in [2.05, 4.69) is 45.5 Å². The molecule has 11 nitrogen and oxygen atoms in total. The lowest BCUT2D eigenvalue weighted by atomic mass is 9.82. The van der Waals surface area contributed by atoms with Gasteiger partial charge in [-0.3, -0.25) is 4.79 Å². The number of sulfone groups is 1. The predicted octanol–water partition coefficient (Wildman–Crippen LogP) is 3.84. The van der Waals surface area contributed by atoms with Crippen molar-refractivity contribution >= 4 is 39.0 Å². The zero-order chi connectivity index (χ0) is 29.3. The van der Waals surface area contributed by atoms with Gasteiger partial charge in [-0.05, 0) is 75.8 Å². The van der Waals surface area contributed by atoms with Crippen LogP contribution in [0, 0.1) is 6.92 Å². The lowest BCUT2D eigenvalue weighted by molar-refractivity contribution is -0.130. The minimum Gasteiger partial charge on any atom is -0.488 e. The number of fused-ring (bicyclic) bond motifs is 1. The number of amides is 1. The van der Waals surface area contributed by atoms with Crippen molar-refractivity contribution in [2.75, 3.05) is 30.3 Å². The minimum absolute atomic E-state index is 0.00171. The Morgan fingerprint density at radius 1 is 1.12 bits per heavy atom. The Labute approximate surface area is 240 Å². The van der Waals surface area contributed by atoms with E-state index in [1.807, 2.05) is 4.90 Å². The van der Waals surface area contributed by atoms with E-state index in [0.717, 1.165) is 36.3 Å². The summed E-state index contributed by atoms with van der Waals surface area (Å²) in [5.41, 5.74) is 10.4. The zero-order valence-corrected chi connectivity index (χ0v) is 24.7. The van der Waals surface area contributed by atoms with Gasteiger partial charge >= 0.3 is 0 Å². The molecule has 4 N–H and O–H groups in total. The molecule has 1 aromatic heterocycles. The number of nitrogens with zero attached hydrogens (tertiary/aromatic N) is 4. The van der Waals surface area contributed by atoms with E-state index >= 15 is 0 Å². The van der Waals surface area contributed by atoms with E-state index in [1.165, 1.54) is 17.5 Å². The minimum atomic E-state index is -3.52. The molecule has 12 heteroatoms. The van der Waals surface area contributed by atoms with Crippen molar-refractivity contribution in [3.63, 3.8) is 0 Å². The number of likely N-dealkylation sites (tertiary alicyclic amines) is 1. The van der Waals surface area contributed by atoms with Crippen LogP contribution in [0.3, 0.4) is 0 Å². The molecule has 1 saturated heterocycles. The van der Waals surface area contributed by atoms with Gasteiger partial charge in [0, 0.05) is 25.1 Å². The summed E-state index contributed by atoms with van der Waals surface area (Å²) < 4.78 is 32.0. The third kappa shape index (κ3) is 5.84. The molecule has 0 bridgehead atoms. The van der Waals surface area contributed by atoms with Gasteiger partial charge in [-0.25, -0.2) is 18.4 Å². The summed E-state index contributed by atoms with van der Waals surface area (Å²) in [6.07, 6.45) is 3.97. The Hall–Kier alpha value is -3.77. The van der Waals surface area contributed by atoms with Gasteiger partial charge in [0.2, 0.25) is 17.8 Å². The van der Waals surface area contributed by atoms with E-state index < -0.39 is 15.1 Å². The maximum Gasteiger partial charge on any atom is 0.236 e. The van der Waals surface area contributed by atoms with Crippen LogP contribution in [0.25, 0.3) is 0 Å². The molecule has 1 atom stereocenters. The number of anilines is 4. The molecule has 218 valence electrons. The van der Waals surface area contributed by atoms with Crippen LogP contribution < -0.4 is 21.1 Å². The Kier molecular flexibility index (Phi) is 8.14. The van der Waals surface area contributed by atoms with Crippen LogP contribution in [0.5, 0.6) is 5.75 Å². The predicted molar refractivity (Wildman–Crippen MR) is 158 cm³/mol. The van der Waals surface area contributed by atoms with Crippen LogP contribution >= 0.6 is 0 Å². The third-order valence-corrected chi connectivity index (χ3v) is 9.96. The highest BCUT2D eigenvalue weighted by atomic mass is 32.2. The number of rotatable bonds is 8. The molecule has 0 radical (unpaired) electrons. The summed E-state index contributed by atoms with van der Waals surface area (Å²) >= 11 is 0. The van der Waals surface area contributed by atoms with Crippen LogP contribution in [0.4, 0.5) is 23.3 Å². The van der Waals surface area contributed by atoms with Crippen LogP contribution in [0.1, 0.15) is 56.2 Å². The average Bonchev–Trinajstić information content (AvgIpc) is 3.34. The normalized spacial score (nSPS) is 17.3. The van der Waals surface area contributed by atoms with Crippen LogP contribution in [-0.4, -0.2) is 65.2 Å². The quantitative estimate of drug-likeness (QED) is 0.359. The fraction of sp³-hybridized carbons (Fsp3) is 0.448. The molecule has 2 aromatic carbocycles. The Balaban J connectivity index is 1.40. The molecule has 3 aromatic rings. The van der Waals surface area contributed by atoms with Crippen molar-refractivity contribution < 1.29 is 17.9 Å². The number of para-hydroxylation sites is 1. The van der Waals surface area contributed by atoms with Crippen molar-refractivity contribution in [1.29, 1.82) is 0 Å². The lowest BCUT2D eigenvalue weighted by Gasteiger charge is -2.33. The number of aryl methyl sites for hydroxylation is 1. The highest BCUT2D eigenvalue weighted by Gasteiger charge is 2.32. The summed E-state index contributed by atoms with van der Waals surface area (Å²) in [7, 11) is -3.52. The van der Waals surface area contributed by atoms with Gasteiger partial charge in [0.05, 0.1) is 28.1 Å². The number of carbonyl (C=O) groups excluding carboxylic acids is 1. The highest BCUT2D eigenvalue weighted by molar-refractivity contribution is 7.92. The number of benzene rings is 2. The lowest BCUT2D eigenvalue weighted by Crippen LogP contribution is -2.41. The number of nitrogens with one attached hydrogen (secondary N) is 2. The molecular formula is C29H37N7O4S. The van der Waals surface area contributed by atoms with Crippen LogP contribution in [0.15, 0.2) is 41.6 Å². The van der Waals surface area contributed by atoms with E-state index in [9.17, 15) is 13.2 Å². The summed E-state index contributed by atoms with van der Waals surface area (Å²) in [5, 5.41) is 5.78. The summed E-state index contributed by atoms with van der Waals surface area (Å²) in [5.74, 6) is 1.65. The van der Waals surface area contributed by atoms with Crippen molar-refractivity contribution in [2.24, 2.45) is 5.73 Å². The molecule has 1 fully saturated rings. The van der Waals surface area contributed by atoms with Gasteiger partial charge in [-0.15, -0.1) is 0 Å². The second kappa shape index (κ2) is 11.6. The largest absolute Gasteiger partial charge is 0.488 e. The Morgan fingerprint density at radius 2 is 1.78 bits per heavy atom. The number of hydrogen-bond donors (Lipinski definition) is 3. The first-order valence-corrected chi connectivity index (χ1v) is 15.5. The van der Waals surface area contributed by atoms with E-state index in [-0.39, 0.29) is 29.4 Å². The monoisotopic (exact) mass is 579 g/mol. The van der Waals surface area contributed by atoms with E-state index in [1.54, 1.807) is 38.1 Å². The zero-order valence-electron chi connectivity index (χ0n) is 23.8. The first-order chi connectivity index (χ1) is 19.6. The van der Waals surface area contributed by atoms with Crippen molar-refractivity contribution in [1.82, 2.24) is 19.9 Å². The van der Waals surface area contributed by atoms with Crippen LogP contribution in [0.2, 0.25) is 0 Å². The van der Waals surface area contributed by atoms with Crippen molar-refractivity contribution in [2.45, 2.75) is 69.1 Å². The molecule has 1 unspecified atom stereocenters. The van der Waals surface area contributed by atoms with Gasteiger partial charge in [0.15, 0.2) is 9.84 Å². The molecule has 5 rings (SSSR count). The highest BCUT2D eigenvalue weighted by Crippen LogP contribution is 2.45. The standard InChI is InChI=1S/C29H37N7O4S/c1-17(2)41(38,39)24-8-6-5-7-22(24)33-28-31-16-32-29(35-28)34-23-13-18(3)26(21-14-19(4)40-27(21)23)20-9-11-36(12-10-20)25(37)15-30/h5-8,13,16-17,19-20H,9-12,14-15,30H2,1-4H3,(H2,31,32,33,34,35). The van der Waals surface area contributed by atoms with Gasteiger partial charge in [-0.1, -0.05) is 12.1 Å². The van der Waals surface area contributed by atoms with Gasteiger partial charge in [0.1, 0.15) is 18.2 Å². The Morgan fingerprint density at radius 3 is 2.44 bits per heavy atom. The average molecular weight is 580 g/mol. The fourth-order valence-electron chi connectivity index (χ4n) is 5.69. The first-order valence-electron chi connectivity index (χ1n) is 13.9. The van der Waals surface area contributed by atoms with Crippen molar-refractivity contribution in [3.8, 4) is 5.75 Å². The second-order valence-electron chi connectivity index (χ2n) is 10.9. The maximum absolute atomic E-state index is 12.9. The van der Waals surface area contributed by atoms with Gasteiger partial charge < -0.3 is 26.0 Å². The smallest absolute Gasteiger partial charge is 0.236 e. The van der Waals surface area contributed by atoms with Gasteiger partial charge in [-0.2, -0.15) is 4.98 Å². The molecule has 0 aliphatic carbocycles. The van der Waals surface area contributed by atoms with Gasteiger partial charge in [0.25, 0.3) is 0 Å². The summed E-state index contributed by atoms with van der Waals surface area (Å²) in [6, 6.07) is 8.77. The number of ether oxygens (including phenoxy) is 1. The Bertz CT molecular complexity index is 1550. The number of hydrogen-bond acceptors (Lipinski definition) is 10. The number of carbonyl (C=O) groups is 1. The second-order valence-corrected chi connectivity index (χ2v) is 13.4.